The number of nitrogens with one attached hydrogen (secondary N) is 2. The molecule has 0 spiro atoms. The van der Waals surface area contributed by atoms with Crippen molar-refractivity contribution in [1.29, 1.82) is 0 Å². The van der Waals surface area contributed by atoms with Crippen LogP contribution in [0, 0.1) is 10.1 Å². The van der Waals surface area contributed by atoms with E-state index in [0.29, 0.717) is 10.7 Å². The minimum absolute atomic E-state index is 0.0736. The van der Waals surface area contributed by atoms with Crippen LogP contribution in [0.5, 0.6) is 0 Å². The lowest BCUT2D eigenvalue weighted by atomic mass is 10.2. The summed E-state index contributed by atoms with van der Waals surface area (Å²) >= 11 is 1.27. The van der Waals surface area contributed by atoms with E-state index in [2.05, 4.69) is 15.5 Å². The Labute approximate surface area is 125 Å². The van der Waals surface area contributed by atoms with Gasteiger partial charge in [-0.05, 0) is 24.8 Å². The van der Waals surface area contributed by atoms with Crippen molar-refractivity contribution in [3.8, 4) is 0 Å². The third-order valence-electron chi connectivity index (χ3n) is 2.98. The van der Waals surface area contributed by atoms with Crippen molar-refractivity contribution in [2.75, 3.05) is 11.6 Å². The van der Waals surface area contributed by atoms with E-state index in [1.54, 1.807) is 24.6 Å². The van der Waals surface area contributed by atoms with Crippen LogP contribution >= 0.6 is 11.8 Å². The average Bonchev–Trinajstić information content (AvgIpc) is 2.93. The summed E-state index contributed by atoms with van der Waals surface area (Å²) < 4.78 is 0. The number of thioether (sulfide) groups is 1. The van der Waals surface area contributed by atoms with Crippen molar-refractivity contribution < 1.29 is 9.72 Å². The first-order valence-corrected chi connectivity index (χ1v) is 7.45. The Bertz CT molecular complexity index is 684. The monoisotopic (exact) mass is 306 g/mol. The van der Waals surface area contributed by atoms with Gasteiger partial charge in [-0.2, -0.15) is 5.10 Å². The molecule has 2 aromatic rings. The SMILES string of the molecule is CCc1cn[nH]c1NC(=O)c1ccc(SC)c([N+](=O)[O-])c1. The first-order chi connectivity index (χ1) is 10.1. The van der Waals surface area contributed by atoms with E-state index >= 15 is 0 Å². The summed E-state index contributed by atoms with van der Waals surface area (Å²) in [7, 11) is 0. The van der Waals surface area contributed by atoms with Gasteiger partial charge in [0.2, 0.25) is 0 Å². The molecule has 0 aliphatic heterocycles. The predicted molar refractivity (Wildman–Crippen MR) is 80.8 cm³/mol. The summed E-state index contributed by atoms with van der Waals surface area (Å²) in [5.74, 6) is 0.101. The van der Waals surface area contributed by atoms with Crippen molar-refractivity contribution in [3.63, 3.8) is 0 Å². The van der Waals surface area contributed by atoms with Gasteiger partial charge in [-0.25, -0.2) is 0 Å². The first kappa shape index (κ1) is 15.0. The van der Waals surface area contributed by atoms with E-state index < -0.39 is 10.8 Å². The van der Waals surface area contributed by atoms with Gasteiger partial charge in [0.05, 0.1) is 16.0 Å². The fourth-order valence-electron chi connectivity index (χ4n) is 1.85. The summed E-state index contributed by atoms with van der Waals surface area (Å²) in [5.41, 5.74) is 1.03. The molecule has 2 N–H and O–H groups in total. The van der Waals surface area contributed by atoms with Crippen molar-refractivity contribution in [2.24, 2.45) is 0 Å². The molecule has 8 heteroatoms. The van der Waals surface area contributed by atoms with E-state index in [1.807, 2.05) is 6.92 Å². The highest BCUT2D eigenvalue weighted by atomic mass is 32.2. The number of aromatic amines is 1. The molecule has 0 aliphatic carbocycles. The van der Waals surface area contributed by atoms with Crippen LogP contribution in [0.2, 0.25) is 0 Å². The second-order valence-corrected chi connectivity index (χ2v) is 5.07. The quantitative estimate of drug-likeness (QED) is 0.502. The van der Waals surface area contributed by atoms with Gasteiger partial charge in [-0.3, -0.25) is 20.0 Å². The van der Waals surface area contributed by atoms with Crippen molar-refractivity contribution in [3.05, 3.63) is 45.6 Å². The summed E-state index contributed by atoms with van der Waals surface area (Å²) in [6.07, 6.45) is 4.10. The fourth-order valence-corrected chi connectivity index (χ4v) is 2.39. The predicted octanol–water partition coefficient (Wildman–Crippen LogP) is 2.85. The molecule has 0 atom stereocenters. The maximum Gasteiger partial charge on any atom is 0.283 e. The molecule has 2 rings (SSSR count). The molecule has 0 saturated heterocycles. The molecular formula is C13H14N4O3S. The molecule has 1 aromatic carbocycles. The maximum absolute atomic E-state index is 12.2. The van der Waals surface area contributed by atoms with E-state index in [9.17, 15) is 14.9 Å². The molecule has 0 bridgehead atoms. The Hall–Kier alpha value is -2.35. The summed E-state index contributed by atoms with van der Waals surface area (Å²) in [6, 6.07) is 4.42. The number of hydrogen-bond acceptors (Lipinski definition) is 5. The van der Waals surface area contributed by atoms with E-state index in [1.165, 1.54) is 17.8 Å². The number of carbonyl (C=O) groups is 1. The van der Waals surface area contributed by atoms with Gasteiger partial charge < -0.3 is 5.32 Å². The fraction of sp³-hybridized carbons (Fsp3) is 0.231. The lowest BCUT2D eigenvalue weighted by Gasteiger charge is -2.06. The van der Waals surface area contributed by atoms with Gasteiger partial charge in [0.25, 0.3) is 11.6 Å². The molecule has 1 heterocycles. The first-order valence-electron chi connectivity index (χ1n) is 6.22. The zero-order chi connectivity index (χ0) is 15.4. The lowest BCUT2D eigenvalue weighted by Crippen LogP contribution is -2.13. The van der Waals surface area contributed by atoms with Gasteiger partial charge in [0.15, 0.2) is 0 Å². The summed E-state index contributed by atoms with van der Waals surface area (Å²) in [5, 5.41) is 20.3. The van der Waals surface area contributed by atoms with E-state index in [0.717, 1.165) is 12.0 Å². The van der Waals surface area contributed by atoms with Gasteiger partial charge >= 0.3 is 0 Å². The highest BCUT2D eigenvalue weighted by molar-refractivity contribution is 7.98. The van der Waals surface area contributed by atoms with Gasteiger partial charge in [-0.15, -0.1) is 11.8 Å². The minimum atomic E-state index is -0.490. The largest absolute Gasteiger partial charge is 0.307 e. The van der Waals surface area contributed by atoms with E-state index in [4.69, 9.17) is 0 Å². The van der Waals surface area contributed by atoms with Crippen LogP contribution in [0.3, 0.4) is 0 Å². The molecule has 0 fully saturated rings. The second-order valence-electron chi connectivity index (χ2n) is 4.22. The zero-order valence-corrected chi connectivity index (χ0v) is 12.4. The second kappa shape index (κ2) is 6.40. The van der Waals surface area contributed by atoms with Gasteiger partial charge in [0, 0.05) is 17.2 Å². The van der Waals surface area contributed by atoms with Crippen LogP contribution in [0.25, 0.3) is 0 Å². The highest BCUT2D eigenvalue weighted by Gasteiger charge is 2.18. The molecule has 110 valence electrons. The minimum Gasteiger partial charge on any atom is -0.307 e. The number of carbonyl (C=O) groups excluding carboxylic acids is 1. The maximum atomic E-state index is 12.2. The topological polar surface area (TPSA) is 101 Å². The third-order valence-corrected chi connectivity index (χ3v) is 3.76. The number of H-pyrrole nitrogens is 1. The number of benzene rings is 1. The standard InChI is InChI=1S/C13H14N4O3S/c1-3-8-7-14-16-12(8)15-13(18)9-4-5-11(21-2)10(6-9)17(19)20/h4-7H,3H2,1-2H3,(H2,14,15,16,18). The Kier molecular flexibility index (Phi) is 4.59. The molecule has 0 unspecified atom stereocenters. The molecule has 1 aromatic heterocycles. The molecule has 0 saturated carbocycles. The van der Waals surface area contributed by atoms with Crippen LogP contribution < -0.4 is 5.32 Å². The molecule has 0 radical (unpaired) electrons. The van der Waals surface area contributed by atoms with Crippen molar-refractivity contribution in [2.45, 2.75) is 18.2 Å². The van der Waals surface area contributed by atoms with Crippen LogP contribution in [0.1, 0.15) is 22.8 Å². The Morgan fingerprint density at radius 1 is 1.52 bits per heavy atom. The van der Waals surface area contributed by atoms with Gasteiger partial charge in [-0.1, -0.05) is 6.92 Å². The smallest absolute Gasteiger partial charge is 0.283 e. The number of amides is 1. The number of nitro groups is 1. The number of anilines is 1. The normalized spacial score (nSPS) is 10.4. The molecule has 1 amide bonds. The summed E-state index contributed by atoms with van der Waals surface area (Å²) in [4.78, 5) is 23.2. The number of aryl methyl sites for hydroxylation is 1. The molecule has 21 heavy (non-hydrogen) atoms. The summed E-state index contributed by atoms with van der Waals surface area (Å²) in [6.45, 7) is 1.94. The van der Waals surface area contributed by atoms with Crippen molar-refractivity contribution in [1.82, 2.24) is 10.2 Å². The Morgan fingerprint density at radius 2 is 2.29 bits per heavy atom. The number of nitro benzene ring substituents is 1. The molecular weight excluding hydrogens is 292 g/mol. The molecule has 7 nitrogen and oxygen atoms in total. The Morgan fingerprint density at radius 3 is 2.90 bits per heavy atom. The van der Waals surface area contributed by atoms with E-state index in [-0.39, 0.29) is 11.3 Å². The molecule has 0 aliphatic rings. The van der Waals surface area contributed by atoms with Crippen LogP contribution in [0.4, 0.5) is 11.5 Å². The third kappa shape index (κ3) is 3.22. The van der Waals surface area contributed by atoms with Crippen LogP contribution in [0.15, 0.2) is 29.3 Å². The number of hydrogen-bond donors (Lipinski definition) is 2. The number of nitrogens with zero attached hydrogens (tertiary/aromatic N) is 2. The number of aromatic nitrogens is 2. The average molecular weight is 306 g/mol. The lowest BCUT2D eigenvalue weighted by molar-refractivity contribution is -0.387. The number of rotatable bonds is 5. The zero-order valence-electron chi connectivity index (χ0n) is 11.5. The van der Waals surface area contributed by atoms with Crippen molar-refractivity contribution >= 4 is 29.2 Å². The Balaban J connectivity index is 2.27. The van der Waals surface area contributed by atoms with Gasteiger partial charge in [0.1, 0.15) is 5.82 Å². The van der Waals surface area contributed by atoms with Crippen LogP contribution in [-0.4, -0.2) is 27.3 Å². The van der Waals surface area contributed by atoms with Crippen LogP contribution in [-0.2, 0) is 6.42 Å². The highest BCUT2D eigenvalue weighted by Crippen LogP contribution is 2.28.